The number of hydrogen-bond acceptors (Lipinski definition) is 8. The monoisotopic (exact) mass is 526 g/mol. The van der Waals surface area contributed by atoms with Gasteiger partial charge in [-0.3, -0.25) is 9.59 Å². The summed E-state index contributed by atoms with van der Waals surface area (Å²) < 4.78 is 21.8. The Kier molecular flexibility index (Phi) is 10.2. The lowest BCUT2D eigenvalue weighted by atomic mass is 10.0. The van der Waals surface area contributed by atoms with E-state index in [1.807, 2.05) is 13.8 Å². The third-order valence-electron chi connectivity index (χ3n) is 4.83. The Morgan fingerprint density at radius 2 is 1.71 bits per heavy atom. The quantitative estimate of drug-likeness (QED) is 0.451. The van der Waals surface area contributed by atoms with Crippen molar-refractivity contribution in [2.24, 2.45) is 5.92 Å². The number of esters is 2. The van der Waals surface area contributed by atoms with Gasteiger partial charge < -0.3 is 24.3 Å². The Bertz CT molecular complexity index is 1080. The molecule has 0 saturated carbocycles. The van der Waals surface area contributed by atoms with Crippen LogP contribution >= 0.6 is 23.2 Å². The fourth-order valence-electron chi connectivity index (χ4n) is 3.16. The summed E-state index contributed by atoms with van der Waals surface area (Å²) in [5, 5.41) is 3.30. The van der Waals surface area contributed by atoms with E-state index in [-0.39, 0.29) is 23.1 Å². The summed E-state index contributed by atoms with van der Waals surface area (Å²) in [7, 11) is 1.36. The van der Waals surface area contributed by atoms with Gasteiger partial charge in [0.05, 0.1) is 12.1 Å². The van der Waals surface area contributed by atoms with Crippen LogP contribution in [0.4, 0.5) is 0 Å². The zero-order chi connectivity index (χ0) is 26.3. The van der Waals surface area contributed by atoms with Crippen LogP contribution in [-0.4, -0.2) is 48.2 Å². The van der Waals surface area contributed by atoms with Gasteiger partial charge in [-0.15, -0.1) is 0 Å². The molecule has 9 nitrogen and oxygen atoms in total. The molecular formula is C24H28Cl2N2O7. The average Bonchev–Trinajstić information content (AvgIpc) is 2.77. The summed E-state index contributed by atoms with van der Waals surface area (Å²) >= 11 is 12.1. The molecule has 2 aromatic rings. The number of nitrogens with zero attached hydrogens (tertiary/aromatic N) is 1. The van der Waals surface area contributed by atoms with Crippen molar-refractivity contribution in [1.29, 1.82) is 0 Å². The van der Waals surface area contributed by atoms with Crippen molar-refractivity contribution in [2.75, 3.05) is 7.11 Å². The minimum atomic E-state index is -1.05. The molecule has 11 heteroatoms. The Morgan fingerprint density at radius 1 is 1.03 bits per heavy atom. The van der Waals surface area contributed by atoms with Crippen molar-refractivity contribution >= 4 is 41.0 Å². The SMILES string of the molecule is COc1ccnc(C(=O)N[C@@H](C)C(=O)O[C@@H](C)[C@H](Oc2ccc(Cl)cc2Cl)C(C)C)c1OC(C)=O. The normalized spacial score (nSPS) is 13.4. The smallest absolute Gasteiger partial charge is 0.328 e. The molecule has 0 radical (unpaired) electrons. The molecule has 2 rings (SSSR count). The number of aromatic nitrogens is 1. The number of amides is 1. The number of hydrogen-bond donors (Lipinski definition) is 1. The van der Waals surface area contributed by atoms with Gasteiger partial charge in [0, 0.05) is 24.2 Å². The van der Waals surface area contributed by atoms with Crippen LogP contribution in [0.3, 0.4) is 0 Å². The fraction of sp³-hybridized carbons (Fsp3) is 0.417. The maximum absolute atomic E-state index is 12.8. The Morgan fingerprint density at radius 3 is 2.29 bits per heavy atom. The molecule has 0 unspecified atom stereocenters. The molecule has 1 amide bonds. The molecule has 1 aromatic heterocycles. The van der Waals surface area contributed by atoms with E-state index in [0.29, 0.717) is 15.8 Å². The molecule has 0 aliphatic heterocycles. The first-order valence-corrected chi connectivity index (χ1v) is 11.5. The van der Waals surface area contributed by atoms with Crippen LogP contribution in [0.25, 0.3) is 0 Å². The van der Waals surface area contributed by atoms with E-state index >= 15 is 0 Å². The fourth-order valence-corrected chi connectivity index (χ4v) is 3.62. The van der Waals surface area contributed by atoms with Crippen molar-refractivity contribution in [1.82, 2.24) is 10.3 Å². The number of benzene rings is 1. The lowest BCUT2D eigenvalue weighted by Gasteiger charge is -2.29. The zero-order valence-corrected chi connectivity index (χ0v) is 21.8. The van der Waals surface area contributed by atoms with E-state index in [1.165, 1.54) is 33.2 Å². The van der Waals surface area contributed by atoms with Gasteiger partial charge in [-0.1, -0.05) is 37.0 Å². The highest BCUT2D eigenvalue weighted by Crippen LogP contribution is 2.31. The van der Waals surface area contributed by atoms with Gasteiger partial charge in [-0.05, 0) is 38.0 Å². The second kappa shape index (κ2) is 12.6. The number of halogens is 2. The molecule has 190 valence electrons. The molecule has 0 fully saturated rings. The standard InChI is InChI=1S/C24H28Cl2N2O7/c1-12(2)21(35-18-8-7-16(25)11-17(18)26)14(4)33-24(31)13(3)28-23(30)20-22(34-15(5)29)19(32-6)9-10-27-20/h7-14,21H,1-6H3,(H,28,30)/t13-,14-,21+/m0/s1. The number of methoxy groups -OCH3 is 1. The van der Waals surface area contributed by atoms with E-state index in [0.717, 1.165) is 0 Å². The van der Waals surface area contributed by atoms with E-state index in [2.05, 4.69) is 10.3 Å². The first kappa shape index (κ1) is 28.2. The number of rotatable bonds is 10. The maximum Gasteiger partial charge on any atom is 0.328 e. The highest BCUT2D eigenvalue weighted by atomic mass is 35.5. The molecular weight excluding hydrogens is 499 g/mol. The Balaban J connectivity index is 2.10. The molecule has 0 aliphatic carbocycles. The van der Waals surface area contributed by atoms with Crippen LogP contribution in [0.15, 0.2) is 30.5 Å². The third kappa shape index (κ3) is 7.73. The van der Waals surface area contributed by atoms with E-state index in [4.69, 9.17) is 42.1 Å². The van der Waals surface area contributed by atoms with E-state index in [9.17, 15) is 14.4 Å². The van der Waals surface area contributed by atoms with Crippen molar-refractivity contribution < 1.29 is 33.3 Å². The lowest BCUT2D eigenvalue weighted by molar-refractivity contribution is -0.155. The van der Waals surface area contributed by atoms with E-state index < -0.39 is 36.1 Å². The number of carbonyl (C=O) groups is 3. The van der Waals surface area contributed by atoms with Gasteiger partial charge in [0.15, 0.2) is 11.4 Å². The number of carbonyl (C=O) groups excluding carboxylic acids is 3. The minimum absolute atomic E-state index is 0.0401. The van der Waals surface area contributed by atoms with Crippen molar-refractivity contribution in [3.8, 4) is 17.2 Å². The van der Waals surface area contributed by atoms with Crippen LogP contribution in [0.5, 0.6) is 17.2 Å². The predicted molar refractivity (Wildman–Crippen MR) is 130 cm³/mol. The van der Waals surface area contributed by atoms with Gasteiger partial charge in [0.2, 0.25) is 5.75 Å². The second-order valence-electron chi connectivity index (χ2n) is 8.02. The molecule has 35 heavy (non-hydrogen) atoms. The topological polar surface area (TPSA) is 113 Å². The number of pyridine rings is 1. The molecule has 0 saturated heterocycles. The van der Waals surface area contributed by atoms with Crippen LogP contribution in [0, 0.1) is 5.92 Å². The summed E-state index contributed by atoms with van der Waals surface area (Å²) in [5.74, 6) is -1.75. The lowest BCUT2D eigenvalue weighted by Crippen LogP contribution is -2.44. The first-order valence-electron chi connectivity index (χ1n) is 10.8. The zero-order valence-electron chi connectivity index (χ0n) is 20.3. The number of ether oxygens (including phenoxy) is 4. The van der Waals surface area contributed by atoms with Crippen LogP contribution < -0.4 is 19.5 Å². The molecule has 0 bridgehead atoms. The van der Waals surface area contributed by atoms with Crippen molar-refractivity contribution in [3.63, 3.8) is 0 Å². The molecule has 0 spiro atoms. The van der Waals surface area contributed by atoms with Gasteiger partial charge >= 0.3 is 11.9 Å². The third-order valence-corrected chi connectivity index (χ3v) is 5.36. The molecule has 1 aromatic carbocycles. The highest BCUT2D eigenvalue weighted by Gasteiger charge is 2.30. The van der Waals surface area contributed by atoms with Gasteiger partial charge in [-0.2, -0.15) is 0 Å². The summed E-state index contributed by atoms with van der Waals surface area (Å²) in [6.07, 6.45) is 0.106. The van der Waals surface area contributed by atoms with Crippen LogP contribution in [-0.2, 0) is 14.3 Å². The molecule has 1 heterocycles. The summed E-state index contributed by atoms with van der Waals surface area (Å²) in [5.41, 5.74) is -0.215. The van der Waals surface area contributed by atoms with Crippen molar-refractivity contribution in [2.45, 2.75) is 52.9 Å². The van der Waals surface area contributed by atoms with Gasteiger partial charge in [0.25, 0.3) is 5.91 Å². The highest BCUT2D eigenvalue weighted by molar-refractivity contribution is 6.35. The molecule has 0 aliphatic rings. The summed E-state index contributed by atoms with van der Waals surface area (Å²) in [4.78, 5) is 40.9. The van der Waals surface area contributed by atoms with Crippen LogP contribution in [0.2, 0.25) is 10.0 Å². The number of nitrogens with one attached hydrogen (secondary N) is 1. The first-order chi connectivity index (χ1) is 16.4. The van der Waals surface area contributed by atoms with E-state index in [1.54, 1.807) is 25.1 Å². The maximum atomic E-state index is 12.8. The van der Waals surface area contributed by atoms with Crippen LogP contribution in [0.1, 0.15) is 45.1 Å². The van der Waals surface area contributed by atoms with Gasteiger partial charge in [0.1, 0.15) is 24.0 Å². The average molecular weight is 527 g/mol. The van der Waals surface area contributed by atoms with Gasteiger partial charge in [-0.25, -0.2) is 9.78 Å². The van der Waals surface area contributed by atoms with Crippen molar-refractivity contribution in [3.05, 3.63) is 46.2 Å². The molecule has 1 N–H and O–H groups in total. The summed E-state index contributed by atoms with van der Waals surface area (Å²) in [6.45, 7) is 8.15. The minimum Gasteiger partial charge on any atom is -0.493 e. The summed E-state index contributed by atoms with van der Waals surface area (Å²) in [6, 6.07) is 5.23. The second-order valence-corrected chi connectivity index (χ2v) is 8.87. The molecule has 3 atom stereocenters. The predicted octanol–water partition coefficient (Wildman–Crippen LogP) is 4.48. The Labute approximate surface area is 214 Å². The Hall–Kier alpha value is -3.04. The largest absolute Gasteiger partial charge is 0.493 e.